The molecule has 152 valence electrons. The average Bonchev–Trinajstić information content (AvgIpc) is 3.07. The quantitative estimate of drug-likeness (QED) is 0.579. The largest absolute Gasteiger partial charge is 0.573 e. The number of nitrogen functional groups attached to an aromatic ring is 1. The van der Waals surface area contributed by atoms with Gasteiger partial charge in [-0.1, -0.05) is 12.2 Å². The molecule has 3 aromatic heterocycles. The molecule has 11 heteroatoms. The van der Waals surface area contributed by atoms with Gasteiger partial charge in [-0.05, 0) is 37.1 Å². The normalized spacial score (nSPS) is 13.0. The van der Waals surface area contributed by atoms with Crippen LogP contribution in [0.15, 0.2) is 36.7 Å². The number of rotatable bonds is 6. The zero-order chi connectivity index (χ0) is 21.0. The molecule has 0 saturated heterocycles. The van der Waals surface area contributed by atoms with Gasteiger partial charge in [-0.15, -0.1) is 13.2 Å². The summed E-state index contributed by atoms with van der Waals surface area (Å²) < 4.78 is 40.9. The van der Waals surface area contributed by atoms with Crippen molar-refractivity contribution in [2.75, 3.05) is 5.73 Å². The molecule has 1 atom stereocenters. The van der Waals surface area contributed by atoms with Crippen LogP contribution in [0.25, 0.3) is 17.2 Å². The third kappa shape index (κ3) is 5.43. The van der Waals surface area contributed by atoms with E-state index in [4.69, 9.17) is 5.73 Å². The summed E-state index contributed by atoms with van der Waals surface area (Å²) in [6.07, 6.45) is 1.71. The minimum Gasteiger partial charge on any atom is -0.402 e. The molecular formula is C18H17F3N6O2. The summed E-state index contributed by atoms with van der Waals surface area (Å²) in [6, 6.07) is 4.37. The molecule has 0 fully saturated rings. The van der Waals surface area contributed by atoms with E-state index in [9.17, 15) is 18.0 Å². The van der Waals surface area contributed by atoms with Gasteiger partial charge in [0.1, 0.15) is 0 Å². The highest BCUT2D eigenvalue weighted by Crippen LogP contribution is 2.27. The Kier molecular flexibility index (Phi) is 5.66. The summed E-state index contributed by atoms with van der Waals surface area (Å²) in [4.78, 5) is 27.0. The number of pyridine rings is 2. The molecule has 1 amide bonds. The molecule has 3 heterocycles. The monoisotopic (exact) mass is 406 g/mol. The first kappa shape index (κ1) is 20.1. The molecule has 3 aromatic rings. The van der Waals surface area contributed by atoms with E-state index in [1.165, 1.54) is 6.20 Å². The summed E-state index contributed by atoms with van der Waals surface area (Å²) in [5.41, 5.74) is 6.86. The summed E-state index contributed by atoms with van der Waals surface area (Å²) >= 11 is 0. The van der Waals surface area contributed by atoms with Crippen molar-refractivity contribution in [3.8, 4) is 5.75 Å². The maximum atomic E-state index is 12.4. The molecular weight excluding hydrogens is 389 g/mol. The van der Waals surface area contributed by atoms with Crippen LogP contribution < -0.4 is 15.8 Å². The van der Waals surface area contributed by atoms with Gasteiger partial charge in [-0.3, -0.25) is 4.79 Å². The van der Waals surface area contributed by atoms with Crippen molar-refractivity contribution in [1.29, 1.82) is 0 Å². The third-order valence-electron chi connectivity index (χ3n) is 3.78. The molecule has 8 nitrogen and oxygen atoms in total. The number of carbonyl (C=O) groups is 1. The highest BCUT2D eigenvalue weighted by Gasteiger charge is 2.32. The van der Waals surface area contributed by atoms with Crippen molar-refractivity contribution in [3.63, 3.8) is 0 Å². The van der Waals surface area contributed by atoms with Gasteiger partial charge < -0.3 is 20.8 Å². The average molecular weight is 406 g/mol. The molecule has 29 heavy (non-hydrogen) atoms. The highest BCUT2D eigenvalue weighted by atomic mass is 19.4. The van der Waals surface area contributed by atoms with Crippen molar-refractivity contribution >= 4 is 29.0 Å². The van der Waals surface area contributed by atoms with Gasteiger partial charge in [0, 0.05) is 18.4 Å². The SMILES string of the molecule is C[C@@H](C/C=C/c1cnc(N)c(OC(F)(F)F)c1)NC(=O)c1nc2ncccc2[nH]1. The summed E-state index contributed by atoms with van der Waals surface area (Å²) in [5, 5.41) is 2.77. The Bertz CT molecular complexity index is 1010. The minimum absolute atomic E-state index is 0.145. The smallest absolute Gasteiger partial charge is 0.402 e. The summed E-state index contributed by atoms with van der Waals surface area (Å²) in [6.45, 7) is 1.78. The molecule has 0 aliphatic heterocycles. The maximum Gasteiger partial charge on any atom is 0.573 e. The Morgan fingerprint density at radius 1 is 1.41 bits per heavy atom. The van der Waals surface area contributed by atoms with Crippen molar-refractivity contribution in [2.24, 2.45) is 0 Å². The lowest BCUT2D eigenvalue weighted by atomic mass is 10.2. The molecule has 0 saturated carbocycles. The zero-order valence-corrected chi connectivity index (χ0v) is 15.2. The number of imidazole rings is 1. The number of H-pyrrole nitrogens is 1. The molecule has 0 spiro atoms. The summed E-state index contributed by atoms with van der Waals surface area (Å²) in [5.74, 6) is -1.18. The Balaban J connectivity index is 1.58. The Labute approximate surface area is 163 Å². The zero-order valence-electron chi connectivity index (χ0n) is 15.2. The standard InChI is InChI=1S/C18H17F3N6O2/c1-10(25-17(28)16-26-12-6-3-7-23-15(12)27-16)4-2-5-11-8-13(14(22)24-9-11)29-18(19,20)21/h2-3,5-10H,4H2,1H3,(H2,22,24)(H,25,28)(H,23,26,27)/b5-2+/t10-/m0/s1. The number of halogens is 3. The van der Waals surface area contributed by atoms with Crippen LogP contribution in [0.3, 0.4) is 0 Å². The van der Waals surface area contributed by atoms with Gasteiger partial charge in [0.15, 0.2) is 23.0 Å². The van der Waals surface area contributed by atoms with Crippen LogP contribution >= 0.6 is 0 Å². The second-order valence-corrected chi connectivity index (χ2v) is 6.17. The number of hydrogen-bond acceptors (Lipinski definition) is 6. The molecule has 0 aliphatic rings. The predicted octanol–water partition coefficient (Wildman–Crippen LogP) is 3.06. The number of alkyl halides is 3. The lowest BCUT2D eigenvalue weighted by molar-refractivity contribution is -0.274. The van der Waals surface area contributed by atoms with Crippen LogP contribution in [0.1, 0.15) is 29.5 Å². The number of aromatic amines is 1. The topological polar surface area (TPSA) is 119 Å². The van der Waals surface area contributed by atoms with E-state index in [1.807, 2.05) is 0 Å². The lowest BCUT2D eigenvalue weighted by Gasteiger charge is -2.11. The number of nitrogens with zero attached hydrogens (tertiary/aromatic N) is 3. The second kappa shape index (κ2) is 8.17. The fourth-order valence-corrected chi connectivity index (χ4v) is 2.48. The molecule has 3 rings (SSSR count). The summed E-state index contributed by atoms with van der Waals surface area (Å²) in [7, 11) is 0. The van der Waals surface area contributed by atoms with Crippen LogP contribution in [0.4, 0.5) is 19.0 Å². The molecule has 0 aliphatic carbocycles. The van der Waals surface area contributed by atoms with Crippen LogP contribution in [0.5, 0.6) is 5.75 Å². The number of nitrogens with one attached hydrogen (secondary N) is 2. The van der Waals surface area contributed by atoms with Crippen molar-refractivity contribution in [2.45, 2.75) is 25.7 Å². The third-order valence-corrected chi connectivity index (χ3v) is 3.78. The molecule has 0 bridgehead atoms. The number of nitrogens with two attached hydrogens (primary N) is 1. The van der Waals surface area contributed by atoms with E-state index < -0.39 is 12.1 Å². The van der Waals surface area contributed by atoms with Gasteiger partial charge in [-0.2, -0.15) is 0 Å². The van der Waals surface area contributed by atoms with E-state index >= 15 is 0 Å². The van der Waals surface area contributed by atoms with Crippen LogP contribution in [-0.4, -0.2) is 38.2 Å². The first-order valence-electron chi connectivity index (χ1n) is 8.50. The molecule has 4 N–H and O–H groups in total. The number of aromatic nitrogens is 4. The molecule has 0 aromatic carbocycles. The van der Waals surface area contributed by atoms with Gasteiger partial charge in [0.05, 0.1) is 5.52 Å². The predicted molar refractivity (Wildman–Crippen MR) is 99.8 cm³/mol. The van der Waals surface area contributed by atoms with Crippen LogP contribution in [0, 0.1) is 0 Å². The van der Waals surface area contributed by atoms with E-state index in [1.54, 1.807) is 37.4 Å². The number of carbonyl (C=O) groups excluding carboxylic acids is 1. The van der Waals surface area contributed by atoms with Gasteiger partial charge in [0.25, 0.3) is 5.91 Å². The minimum atomic E-state index is -4.86. The second-order valence-electron chi connectivity index (χ2n) is 6.17. The highest BCUT2D eigenvalue weighted by molar-refractivity contribution is 5.93. The molecule has 0 radical (unpaired) electrons. The van der Waals surface area contributed by atoms with Crippen molar-refractivity contribution in [3.05, 3.63) is 48.1 Å². The van der Waals surface area contributed by atoms with E-state index in [0.29, 0.717) is 23.1 Å². The van der Waals surface area contributed by atoms with E-state index in [2.05, 4.69) is 30.0 Å². The van der Waals surface area contributed by atoms with E-state index in [-0.39, 0.29) is 23.6 Å². The number of fused-ring (bicyclic) bond motifs is 1. The number of hydrogen-bond donors (Lipinski definition) is 3. The van der Waals surface area contributed by atoms with Crippen LogP contribution in [-0.2, 0) is 0 Å². The number of anilines is 1. The maximum absolute atomic E-state index is 12.4. The first-order chi connectivity index (χ1) is 13.7. The van der Waals surface area contributed by atoms with Crippen molar-refractivity contribution < 1.29 is 22.7 Å². The fourth-order valence-electron chi connectivity index (χ4n) is 2.48. The lowest BCUT2D eigenvalue weighted by Crippen LogP contribution is -2.32. The number of amides is 1. The number of ether oxygens (including phenoxy) is 1. The Hall–Kier alpha value is -3.63. The van der Waals surface area contributed by atoms with Gasteiger partial charge in [-0.25, -0.2) is 15.0 Å². The van der Waals surface area contributed by atoms with Crippen molar-refractivity contribution in [1.82, 2.24) is 25.3 Å². The van der Waals surface area contributed by atoms with Gasteiger partial charge in [0.2, 0.25) is 0 Å². The van der Waals surface area contributed by atoms with E-state index in [0.717, 1.165) is 6.07 Å². The Morgan fingerprint density at radius 3 is 2.93 bits per heavy atom. The Morgan fingerprint density at radius 2 is 2.21 bits per heavy atom. The van der Waals surface area contributed by atoms with Gasteiger partial charge >= 0.3 is 6.36 Å². The van der Waals surface area contributed by atoms with Crippen LogP contribution in [0.2, 0.25) is 0 Å². The fraction of sp³-hybridized carbons (Fsp3) is 0.222. The first-order valence-corrected chi connectivity index (χ1v) is 8.50. The molecule has 0 unspecified atom stereocenters.